The number of anilines is 1. The molecule has 11 nitrogen and oxygen atoms in total. The zero-order valence-electron chi connectivity index (χ0n) is 21.0. The zero-order chi connectivity index (χ0) is 26.9. The van der Waals surface area contributed by atoms with Crippen LogP contribution in [0.3, 0.4) is 0 Å². The van der Waals surface area contributed by atoms with Crippen LogP contribution >= 0.6 is 11.3 Å². The summed E-state index contributed by atoms with van der Waals surface area (Å²) in [7, 11) is 0. The van der Waals surface area contributed by atoms with E-state index in [0.717, 1.165) is 30.6 Å². The van der Waals surface area contributed by atoms with E-state index in [2.05, 4.69) is 25.9 Å². The number of thiophene rings is 1. The van der Waals surface area contributed by atoms with Crippen LogP contribution in [0.4, 0.5) is 14.9 Å². The number of halogens is 1. The van der Waals surface area contributed by atoms with E-state index in [1.54, 1.807) is 24.5 Å². The largest absolute Gasteiger partial charge is 0.453 e. The number of hydrogen-bond donors (Lipinski definition) is 3. The molecule has 4 N–H and O–H groups in total. The number of rotatable bonds is 7. The molecule has 6 rings (SSSR count). The highest BCUT2D eigenvalue weighted by atomic mass is 32.1. The Balaban J connectivity index is 1.15. The summed E-state index contributed by atoms with van der Waals surface area (Å²) in [5, 5.41) is 13.8. The predicted octanol–water partition coefficient (Wildman–Crippen LogP) is 3.72. The number of urea groups is 1. The maximum atomic E-state index is 14.8. The molecule has 2 aliphatic rings. The van der Waals surface area contributed by atoms with E-state index in [1.165, 1.54) is 28.2 Å². The second-order valence-electron chi connectivity index (χ2n) is 9.77. The van der Waals surface area contributed by atoms with Gasteiger partial charge in [0, 0.05) is 49.2 Å². The molecule has 0 radical (unpaired) electrons. The number of benzene rings is 1. The van der Waals surface area contributed by atoms with E-state index in [1.807, 2.05) is 11.0 Å². The van der Waals surface area contributed by atoms with Crippen molar-refractivity contribution in [1.82, 2.24) is 30.2 Å². The number of nitrogens with zero attached hydrogens (tertiary/aromatic N) is 5. The molecule has 1 saturated carbocycles. The minimum Gasteiger partial charge on any atom is -0.453 e. The highest BCUT2D eigenvalue weighted by molar-refractivity contribution is 7.22. The van der Waals surface area contributed by atoms with Crippen LogP contribution in [0.1, 0.15) is 25.7 Å². The first-order valence-corrected chi connectivity index (χ1v) is 13.6. The van der Waals surface area contributed by atoms with Crippen molar-refractivity contribution in [3.63, 3.8) is 0 Å². The van der Waals surface area contributed by atoms with Crippen LogP contribution < -0.4 is 21.1 Å². The van der Waals surface area contributed by atoms with Gasteiger partial charge in [0.25, 0.3) is 0 Å². The molecule has 4 aromatic rings. The highest BCUT2D eigenvalue weighted by Gasteiger charge is 2.24. The minimum atomic E-state index is -0.607. The lowest BCUT2D eigenvalue weighted by Gasteiger charge is -2.30. The summed E-state index contributed by atoms with van der Waals surface area (Å²) >= 11 is 1.39. The van der Waals surface area contributed by atoms with E-state index in [-0.39, 0.29) is 36.3 Å². The molecule has 0 atom stereocenters. The summed E-state index contributed by atoms with van der Waals surface area (Å²) in [6, 6.07) is 7.80. The summed E-state index contributed by atoms with van der Waals surface area (Å²) in [4.78, 5) is 31.6. The smallest absolute Gasteiger partial charge is 0.319 e. The first-order chi connectivity index (χ1) is 18.9. The first-order valence-electron chi connectivity index (χ1n) is 12.8. The molecule has 39 heavy (non-hydrogen) atoms. The summed E-state index contributed by atoms with van der Waals surface area (Å²) < 4.78 is 23.0. The number of likely N-dealkylation sites (tertiary alicyclic amines) is 1. The van der Waals surface area contributed by atoms with Crippen molar-refractivity contribution in [3.8, 4) is 22.1 Å². The molecule has 3 amide bonds. The molecular formula is C26H27FN8O3S. The maximum absolute atomic E-state index is 14.8. The molecule has 13 heteroatoms. The molecule has 0 bridgehead atoms. The molecule has 0 spiro atoms. The van der Waals surface area contributed by atoms with Crippen molar-refractivity contribution >= 4 is 39.2 Å². The second kappa shape index (κ2) is 10.6. The molecular weight excluding hydrogens is 523 g/mol. The average Bonchev–Trinajstić information content (AvgIpc) is 3.41. The van der Waals surface area contributed by atoms with Crippen molar-refractivity contribution in [2.45, 2.75) is 44.3 Å². The minimum absolute atomic E-state index is 0.0150. The number of piperidine rings is 1. The summed E-state index contributed by atoms with van der Waals surface area (Å²) in [6.07, 6.45) is 6.85. The Hall–Kier alpha value is -4.10. The lowest BCUT2D eigenvalue weighted by atomic mass is 10.1. The van der Waals surface area contributed by atoms with Crippen molar-refractivity contribution < 1.29 is 18.7 Å². The van der Waals surface area contributed by atoms with Gasteiger partial charge < -0.3 is 26.0 Å². The van der Waals surface area contributed by atoms with E-state index in [9.17, 15) is 14.0 Å². The summed E-state index contributed by atoms with van der Waals surface area (Å²) in [6.45, 7) is 1.41. The molecule has 1 aromatic carbocycles. The van der Waals surface area contributed by atoms with Gasteiger partial charge in [-0.05, 0) is 43.9 Å². The van der Waals surface area contributed by atoms with Crippen LogP contribution in [0, 0.1) is 5.82 Å². The van der Waals surface area contributed by atoms with Gasteiger partial charge in [0.15, 0.2) is 11.6 Å². The highest BCUT2D eigenvalue weighted by Crippen LogP contribution is 2.39. The van der Waals surface area contributed by atoms with Gasteiger partial charge in [-0.15, -0.1) is 16.4 Å². The summed E-state index contributed by atoms with van der Waals surface area (Å²) in [5.41, 5.74) is 7.53. The number of hydrogen-bond acceptors (Lipinski definition) is 8. The number of fused-ring (bicyclic) bond motifs is 1. The van der Waals surface area contributed by atoms with Gasteiger partial charge in [0.05, 0.1) is 21.3 Å². The van der Waals surface area contributed by atoms with Crippen LogP contribution in [0.5, 0.6) is 11.5 Å². The van der Waals surface area contributed by atoms with Gasteiger partial charge in [-0.2, -0.15) is 0 Å². The molecule has 1 aliphatic heterocycles. The van der Waals surface area contributed by atoms with Gasteiger partial charge in [0.2, 0.25) is 5.91 Å². The average molecular weight is 551 g/mol. The third kappa shape index (κ3) is 5.83. The number of carbonyl (C=O) groups excluding carboxylic acids is 2. The lowest BCUT2D eigenvalue weighted by Crippen LogP contribution is -2.44. The number of amides is 3. The van der Waals surface area contributed by atoms with Crippen LogP contribution in [-0.4, -0.2) is 62.0 Å². The number of nitrogens with one attached hydrogen (secondary N) is 2. The van der Waals surface area contributed by atoms with E-state index < -0.39 is 5.82 Å². The van der Waals surface area contributed by atoms with Gasteiger partial charge in [0.1, 0.15) is 18.0 Å². The van der Waals surface area contributed by atoms with Gasteiger partial charge in [-0.3, -0.25) is 9.78 Å². The van der Waals surface area contributed by atoms with Crippen molar-refractivity contribution in [2.24, 2.45) is 5.73 Å². The summed E-state index contributed by atoms with van der Waals surface area (Å²) in [5.74, 6) is -0.162. The number of nitrogens with two attached hydrogens (primary N) is 1. The fraction of sp³-hybridized carbons (Fsp3) is 0.346. The lowest BCUT2D eigenvalue weighted by molar-refractivity contribution is -0.133. The Labute approximate surface area is 227 Å². The standard InChI is InChI=1S/C26H27FN8O3S/c27-18-11-17(31-26(37)30-16-1-2-16)3-4-21(18)38-22-5-8-29-19-12-23(39-25(19)22)20-13-35(33-32-20)14-24(36)34-9-6-15(28)7-10-34/h3-5,8,11-13,15-16H,1-2,6-7,9-10,14,28H2,(H2,30,31,37). The van der Waals surface area contributed by atoms with Gasteiger partial charge in [-0.25, -0.2) is 13.9 Å². The van der Waals surface area contributed by atoms with E-state index >= 15 is 0 Å². The predicted molar refractivity (Wildman–Crippen MR) is 144 cm³/mol. The van der Waals surface area contributed by atoms with E-state index in [4.69, 9.17) is 10.5 Å². The van der Waals surface area contributed by atoms with E-state index in [0.29, 0.717) is 40.4 Å². The molecule has 2 fully saturated rings. The van der Waals surface area contributed by atoms with Gasteiger partial charge >= 0.3 is 6.03 Å². The Bertz CT molecular complexity index is 1530. The molecule has 1 saturated heterocycles. The zero-order valence-corrected chi connectivity index (χ0v) is 21.8. The Morgan fingerprint density at radius 1 is 1.13 bits per heavy atom. The van der Waals surface area contributed by atoms with Crippen molar-refractivity contribution in [1.29, 1.82) is 0 Å². The van der Waals surface area contributed by atoms with Crippen LogP contribution in [0.25, 0.3) is 20.8 Å². The van der Waals surface area contributed by atoms with Gasteiger partial charge in [-0.1, -0.05) is 5.21 Å². The second-order valence-corrected chi connectivity index (χ2v) is 10.8. The molecule has 4 heterocycles. The molecule has 202 valence electrons. The number of aromatic nitrogens is 4. The SMILES string of the molecule is NC1CCN(C(=O)Cn2cc(-c3cc4nccc(Oc5ccc(NC(=O)NC6CC6)cc5F)c4s3)nn2)CC1. The van der Waals surface area contributed by atoms with Crippen LogP contribution in [0.2, 0.25) is 0 Å². The third-order valence-corrected chi connectivity index (χ3v) is 7.84. The Kier molecular flexibility index (Phi) is 6.83. The number of pyridine rings is 1. The van der Waals surface area contributed by atoms with Crippen molar-refractivity contribution in [3.05, 3.63) is 48.5 Å². The van der Waals surface area contributed by atoms with Crippen molar-refractivity contribution in [2.75, 3.05) is 18.4 Å². The number of ether oxygens (including phenoxy) is 1. The Morgan fingerprint density at radius 3 is 2.72 bits per heavy atom. The fourth-order valence-electron chi connectivity index (χ4n) is 4.36. The Morgan fingerprint density at radius 2 is 1.95 bits per heavy atom. The molecule has 3 aromatic heterocycles. The maximum Gasteiger partial charge on any atom is 0.319 e. The quantitative estimate of drug-likeness (QED) is 0.319. The van der Waals surface area contributed by atoms with Crippen LogP contribution in [-0.2, 0) is 11.3 Å². The molecule has 0 unspecified atom stereocenters. The fourth-order valence-corrected chi connectivity index (χ4v) is 5.37. The monoisotopic (exact) mass is 550 g/mol. The molecule has 1 aliphatic carbocycles. The third-order valence-electron chi connectivity index (χ3n) is 6.68. The number of carbonyl (C=O) groups is 2. The van der Waals surface area contributed by atoms with Crippen LogP contribution in [0.15, 0.2) is 42.7 Å². The topological polar surface area (TPSA) is 140 Å². The first kappa shape index (κ1) is 25.2. The normalized spacial score (nSPS) is 15.9.